The van der Waals surface area contributed by atoms with Crippen molar-refractivity contribution in [1.82, 2.24) is 19.6 Å². The molecule has 2 saturated carbocycles. The normalized spacial score (nSPS) is 19.2. The van der Waals surface area contributed by atoms with Gasteiger partial charge < -0.3 is 5.32 Å². The molecule has 0 bridgehead atoms. The third kappa shape index (κ3) is 2.11. The van der Waals surface area contributed by atoms with Gasteiger partial charge in [-0.2, -0.15) is 5.10 Å². The van der Waals surface area contributed by atoms with Crippen molar-refractivity contribution in [2.24, 2.45) is 17.8 Å². The summed E-state index contributed by atoms with van der Waals surface area (Å²) in [5.74, 6) is 3.46. The largest absolute Gasteiger partial charge is 0.370 e. The second kappa shape index (κ2) is 4.08. The molecule has 6 heteroatoms. The number of nitrogens with one attached hydrogen (secondary N) is 2. The topological polar surface area (TPSA) is 75.1 Å². The van der Waals surface area contributed by atoms with E-state index in [2.05, 4.69) is 20.5 Å². The molecule has 2 N–H and O–H groups in total. The molecule has 0 radical (unpaired) electrons. The highest BCUT2D eigenvalue weighted by molar-refractivity contribution is 5.48. The van der Waals surface area contributed by atoms with Crippen LogP contribution in [-0.4, -0.2) is 26.1 Å². The van der Waals surface area contributed by atoms with Crippen LogP contribution in [0.4, 0.5) is 5.82 Å². The van der Waals surface area contributed by atoms with Crippen LogP contribution in [0.2, 0.25) is 0 Å². The Balaban J connectivity index is 1.49. The van der Waals surface area contributed by atoms with Crippen LogP contribution in [0.1, 0.15) is 25.7 Å². The van der Waals surface area contributed by atoms with Crippen molar-refractivity contribution in [3.63, 3.8) is 0 Å². The maximum atomic E-state index is 11.3. The van der Waals surface area contributed by atoms with E-state index in [4.69, 9.17) is 0 Å². The van der Waals surface area contributed by atoms with Gasteiger partial charge in [-0.1, -0.05) is 0 Å². The Bertz CT molecular complexity index is 640. The quantitative estimate of drug-likeness (QED) is 0.847. The van der Waals surface area contributed by atoms with Gasteiger partial charge in [-0.05, 0) is 43.4 Å². The maximum absolute atomic E-state index is 11.3. The number of aromatic nitrogens is 4. The number of rotatable bonds is 5. The summed E-state index contributed by atoms with van der Waals surface area (Å²) in [4.78, 5) is 15.6. The summed E-state index contributed by atoms with van der Waals surface area (Å²) >= 11 is 0. The molecule has 0 aromatic carbocycles. The van der Waals surface area contributed by atoms with E-state index in [1.165, 1.54) is 36.4 Å². The van der Waals surface area contributed by atoms with Gasteiger partial charge in [-0.3, -0.25) is 0 Å². The van der Waals surface area contributed by atoms with Crippen molar-refractivity contribution in [1.29, 1.82) is 0 Å². The lowest BCUT2D eigenvalue weighted by Gasteiger charge is -2.16. The molecule has 4 rings (SSSR count). The molecule has 0 unspecified atom stereocenters. The van der Waals surface area contributed by atoms with Crippen LogP contribution in [0.15, 0.2) is 17.2 Å². The number of hydrogen-bond acceptors (Lipinski definition) is 4. The van der Waals surface area contributed by atoms with E-state index in [9.17, 15) is 4.79 Å². The van der Waals surface area contributed by atoms with E-state index in [1.807, 2.05) is 6.07 Å². The minimum absolute atomic E-state index is 0.247. The molecule has 2 aromatic rings. The number of fused-ring (bicyclic) bond motifs is 1. The van der Waals surface area contributed by atoms with Gasteiger partial charge in [-0.15, -0.1) is 0 Å². The van der Waals surface area contributed by atoms with Crippen LogP contribution in [0.25, 0.3) is 5.65 Å². The van der Waals surface area contributed by atoms with Gasteiger partial charge in [0, 0.05) is 12.6 Å². The first-order chi connectivity index (χ1) is 9.31. The van der Waals surface area contributed by atoms with Gasteiger partial charge in [0.1, 0.15) is 12.1 Å². The number of H-pyrrole nitrogens is 1. The van der Waals surface area contributed by atoms with Crippen LogP contribution in [-0.2, 0) is 0 Å². The number of hydrogen-bond donors (Lipinski definition) is 2. The fraction of sp³-hybridized carbons (Fsp3) is 0.615. The summed E-state index contributed by atoms with van der Waals surface area (Å²) in [7, 11) is 0. The smallest absolute Gasteiger partial charge is 0.348 e. The van der Waals surface area contributed by atoms with E-state index < -0.39 is 0 Å². The van der Waals surface area contributed by atoms with E-state index >= 15 is 0 Å². The molecule has 2 aromatic heterocycles. The van der Waals surface area contributed by atoms with E-state index in [0.717, 1.165) is 30.1 Å². The van der Waals surface area contributed by atoms with Crippen LogP contribution in [0, 0.1) is 17.8 Å². The highest BCUT2D eigenvalue weighted by Gasteiger charge is 2.41. The highest BCUT2D eigenvalue weighted by atomic mass is 16.1. The number of aromatic amines is 1. The summed E-state index contributed by atoms with van der Waals surface area (Å²) in [5, 5.41) is 9.77. The average molecular weight is 259 g/mol. The number of nitrogens with zero attached hydrogens (tertiary/aromatic N) is 3. The lowest BCUT2D eigenvalue weighted by molar-refractivity contribution is 0.427. The zero-order valence-corrected chi connectivity index (χ0v) is 10.7. The monoisotopic (exact) mass is 259 g/mol. The predicted molar refractivity (Wildman–Crippen MR) is 71.0 cm³/mol. The van der Waals surface area contributed by atoms with Crippen molar-refractivity contribution in [2.75, 3.05) is 11.9 Å². The minimum Gasteiger partial charge on any atom is -0.370 e. The number of anilines is 1. The molecular formula is C13H17N5O. The zero-order chi connectivity index (χ0) is 12.8. The Kier molecular flexibility index (Phi) is 2.36. The first kappa shape index (κ1) is 11.0. The van der Waals surface area contributed by atoms with Gasteiger partial charge in [0.05, 0.1) is 0 Å². The standard InChI is InChI=1S/C13H17N5O/c19-13-17-16-12-5-11(15-7-18(12)13)14-6-10(8-1-2-8)9-3-4-9/h5,7-10,14H,1-4,6H2,(H,17,19). The second-order valence-corrected chi connectivity index (χ2v) is 5.75. The SMILES string of the molecule is O=c1[nH]nc2cc(NCC(C3CC3)C3CC3)ncn12. The van der Waals surface area contributed by atoms with E-state index in [0.29, 0.717) is 5.65 Å². The molecule has 0 spiro atoms. The fourth-order valence-electron chi connectivity index (χ4n) is 2.90. The predicted octanol–water partition coefficient (Wildman–Crippen LogP) is 1.27. The Morgan fingerprint density at radius 1 is 1.37 bits per heavy atom. The van der Waals surface area contributed by atoms with Crippen molar-refractivity contribution in [3.05, 3.63) is 22.9 Å². The van der Waals surface area contributed by atoms with Gasteiger partial charge in [0.25, 0.3) is 0 Å². The summed E-state index contributed by atoms with van der Waals surface area (Å²) in [5.41, 5.74) is 0.361. The van der Waals surface area contributed by atoms with Crippen LogP contribution >= 0.6 is 0 Å². The molecule has 6 nitrogen and oxygen atoms in total. The van der Waals surface area contributed by atoms with E-state index in [-0.39, 0.29) is 5.69 Å². The Morgan fingerprint density at radius 2 is 2.11 bits per heavy atom. The van der Waals surface area contributed by atoms with Crippen molar-refractivity contribution >= 4 is 11.5 Å². The molecule has 0 aliphatic heterocycles. The first-order valence-electron chi connectivity index (χ1n) is 6.98. The highest BCUT2D eigenvalue weighted by Crippen LogP contribution is 2.49. The van der Waals surface area contributed by atoms with E-state index in [1.54, 1.807) is 0 Å². The fourth-order valence-corrected chi connectivity index (χ4v) is 2.90. The molecule has 2 aliphatic rings. The summed E-state index contributed by atoms with van der Waals surface area (Å²) in [6, 6.07) is 1.81. The lowest BCUT2D eigenvalue weighted by Crippen LogP contribution is -2.19. The van der Waals surface area contributed by atoms with Crippen molar-refractivity contribution < 1.29 is 0 Å². The molecule has 2 fully saturated rings. The third-order valence-electron chi connectivity index (χ3n) is 4.28. The Labute approximate surface area is 110 Å². The van der Waals surface area contributed by atoms with Crippen molar-refractivity contribution in [2.45, 2.75) is 25.7 Å². The molecule has 19 heavy (non-hydrogen) atoms. The second-order valence-electron chi connectivity index (χ2n) is 5.75. The molecule has 0 amide bonds. The zero-order valence-electron chi connectivity index (χ0n) is 10.7. The average Bonchev–Trinajstić information content (AvgIpc) is 3.31. The van der Waals surface area contributed by atoms with Gasteiger partial charge >= 0.3 is 5.69 Å². The lowest BCUT2D eigenvalue weighted by atomic mass is 9.98. The van der Waals surface area contributed by atoms with Gasteiger partial charge in [-0.25, -0.2) is 19.3 Å². The van der Waals surface area contributed by atoms with Gasteiger partial charge in [0.15, 0.2) is 5.65 Å². The van der Waals surface area contributed by atoms with Crippen molar-refractivity contribution in [3.8, 4) is 0 Å². The molecule has 0 atom stereocenters. The molecule has 2 aliphatic carbocycles. The Hall–Kier alpha value is -1.85. The van der Waals surface area contributed by atoms with Crippen LogP contribution < -0.4 is 11.0 Å². The van der Waals surface area contributed by atoms with Gasteiger partial charge in [0.2, 0.25) is 0 Å². The molecule has 100 valence electrons. The summed E-state index contributed by atoms with van der Waals surface area (Å²) in [6.45, 7) is 0.993. The summed E-state index contributed by atoms with van der Waals surface area (Å²) < 4.78 is 1.41. The molecule has 0 saturated heterocycles. The maximum Gasteiger partial charge on any atom is 0.348 e. The molecule has 2 heterocycles. The van der Waals surface area contributed by atoms with Crippen LogP contribution in [0.3, 0.4) is 0 Å². The Morgan fingerprint density at radius 3 is 2.79 bits per heavy atom. The minimum atomic E-state index is -0.247. The molecular weight excluding hydrogens is 242 g/mol. The first-order valence-corrected chi connectivity index (χ1v) is 6.98. The van der Waals surface area contributed by atoms with Crippen LogP contribution in [0.5, 0.6) is 0 Å². The third-order valence-corrected chi connectivity index (χ3v) is 4.28. The summed E-state index contributed by atoms with van der Waals surface area (Å²) in [6.07, 6.45) is 7.09.